The van der Waals surface area contributed by atoms with Gasteiger partial charge in [0, 0.05) is 11.6 Å². The Labute approximate surface area is 103 Å². The normalized spacial score (nSPS) is 12.4. The topological polar surface area (TPSA) is 12.0 Å². The molecule has 18 heavy (non-hydrogen) atoms. The molecule has 0 aliphatic rings. The molecule has 0 radical (unpaired) electrons. The van der Waals surface area contributed by atoms with E-state index in [1.54, 1.807) is 19.2 Å². The predicted octanol–water partition coefficient (Wildman–Crippen LogP) is 3.41. The highest BCUT2D eigenvalue weighted by Crippen LogP contribution is 2.24. The van der Waals surface area contributed by atoms with Crippen LogP contribution in [0, 0.1) is 17.5 Å². The molecule has 2 aromatic rings. The molecule has 1 N–H and O–H groups in total. The monoisotopic (exact) mass is 251 g/mol. The van der Waals surface area contributed by atoms with Crippen LogP contribution in [0.3, 0.4) is 0 Å². The van der Waals surface area contributed by atoms with E-state index in [0.717, 1.165) is 6.07 Å². The van der Waals surface area contributed by atoms with Gasteiger partial charge in [-0.05, 0) is 30.8 Å². The summed E-state index contributed by atoms with van der Waals surface area (Å²) in [7, 11) is 1.66. The molecule has 0 aliphatic carbocycles. The van der Waals surface area contributed by atoms with E-state index in [0.29, 0.717) is 11.1 Å². The summed E-state index contributed by atoms with van der Waals surface area (Å²) < 4.78 is 39.4. The first-order valence-corrected chi connectivity index (χ1v) is 5.49. The fraction of sp³-hybridized carbons (Fsp3) is 0.143. The van der Waals surface area contributed by atoms with E-state index in [2.05, 4.69) is 5.32 Å². The van der Waals surface area contributed by atoms with Crippen LogP contribution in [0.4, 0.5) is 13.2 Å². The van der Waals surface area contributed by atoms with Gasteiger partial charge in [-0.2, -0.15) is 0 Å². The summed E-state index contributed by atoms with van der Waals surface area (Å²) in [6, 6.07) is 8.73. The maximum atomic E-state index is 13.7. The highest BCUT2D eigenvalue weighted by atomic mass is 19.1. The molecule has 0 fully saturated rings. The fourth-order valence-electron chi connectivity index (χ4n) is 1.89. The summed E-state index contributed by atoms with van der Waals surface area (Å²) in [6.45, 7) is 0. The summed E-state index contributed by atoms with van der Waals surface area (Å²) in [6.07, 6.45) is 0. The summed E-state index contributed by atoms with van der Waals surface area (Å²) in [5, 5.41) is 2.93. The Morgan fingerprint density at radius 3 is 2.06 bits per heavy atom. The van der Waals surface area contributed by atoms with Crippen LogP contribution in [-0.2, 0) is 0 Å². The fourth-order valence-corrected chi connectivity index (χ4v) is 1.89. The van der Waals surface area contributed by atoms with Crippen LogP contribution in [0.5, 0.6) is 0 Å². The predicted molar refractivity (Wildman–Crippen MR) is 63.7 cm³/mol. The number of benzene rings is 2. The van der Waals surface area contributed by atoms with Crippen molar-refractivity contribution in [1.82, 2.24) is 5.32 Å². The zero-order chi connectivity index (χ0) is 13.1. The van der Waals surface area contributed by atoms with Crippen LogP contribution in [-0.4, -0.2) is 7.05 Å². The van der Waals surface area contributed by atoms with Crippen LogP contribution in [0.25, 0.3) is 0 Å². The molecule has 0 spiro atoms. The van der Waals surface area contributed by atoms with Crippen LogP contribution in [0.2, 0.25) is 0 Å². The van der Waals surface area contributed by atoms with Gasteiger partial charge in [-0.15, -0.1) is 0 Å². The Kier molecular flexibility index (Phi) is 3.67. The van der Waals surface area contributed by atoms with Gasteiger partial charge in [0.2, 0.25) is 0 Å². The maximum Gasteiger partial charge on any atom is 0.131 e. The van der Waals surface area contributed by atoms with E-state index in [1.807, 2.05) is 0 Å². The first kappa shape index (κ1) is 12.6. The lowest BCUT2D eigenvalue weighted by Gasteiger charge is -2.17. The Balaban J connectivity index is 2.41. The lowest BCUT2D eigenvalue weighted by Crippen LogP contribution is -2.19. The molecule has 0 saturated carbocycles. The standard InChI is InChI=1S/C14H12F3N/c1-18-14(9-2-4-10(15)5-3-9)12-7-6-11(16)8-13(12)17/h2-8,14,18H,1H3. The zero-order valence-corrected chi connectivity index (χ0v) is 9.75. The van der Waals surface area contributed by atoms with Gasteiger partial charge >= 0.3 is 0 Å². The van der Waals surface area contributed by atoms with Crippen molar-refractivity contribution in [2.45, 2.75) is 6.04 Å². The molecule has 0 bridgehead atoms. The average Bonchev–Trinajstić information content (AvgIpc) is 2.35. The van der Waals surface area contributed by atoms with E-state index < -0.39 is 17.7 Å². The third-order valence-corrected chi connectivity index (χ3v) is 2.77. The number of nitrogens with one attached hydrogen (secondary N) is 1. The van der Waals surface area contributed by atoms with Crippen molar-refractivity contribution in [2.24, 2.45) is 0 Å². The Hall–Kier alpha value is -1.81. The van der Waals surface area contributed by atoms with Gasteiger partial charge in [0.15, 0.2) is 0 Å². The van der Waals surface area contributed by atoms with Gasteiger partial charge in [0.05, 0.1) is 6.04 Å². The van der Waals surface area contributed by atoms with Crippen LogP contribution < -0.4 is 5.32 Å². The summed E-state index contributed by atoms with van der Waals surface area (Å²) in [5.74, 6) is -1.60. The van der Waals surface area contributed by atoms with Gasteiger partial charge in [0.1, 0.15) is 17.5 Å². The molecule has 0 aromatic heterocycles. The first-order valence-electron chi connectivity index (χ1n) is 5.49. The smallest absolute Gasteiger partial charge is 0.131 e. The first-order chi connectivity index (χ1) is 8.61. The summed E-state index contributed by atoms with van der Waals surface area (Å²) in [5.41, 5.74) is 1.04. The van der Waals surface area contributed by atoms with Gasteiger partial charge < -0.3 is 5.32 Å². The third-order valence-electron chi connectivity index (χ3n) is 2.77. The molecular weight excluding hydrogens is 239 g/mol. The second-order valence-electron chi connectivity index (χ2n) is 3.94. The molecule has 2 rings (SSSR count). The quantitative estimate of drug-likeness (QED) is 0.881. The van der Waals surface area contributed by atoms with Crippen molar-refractivity contribution in [2.75, 3.05) is 7.05 Å². The third kappa shape index (κ3) is 2.54. The highest BCUT2D eigenvalue weighted by Gasteiger charge is 2.16. The number of halogens is 3. The van der Waals surface area contributed by atoms with E-state index >= 15 is 0 Å². The molecule has 4 heteroatoms. The van der Waals surface area contributed by atoms with Crippen molar-refractivity contribution in [3.05, 3.63) is 71.0 Å². The van der Waals surface area contributed by atoms with E-state index in [1.165, 1.54) is 24.3 Å². The molecule has 0 heterocycles. The molecule has 94 valence electrons. The van der Waals surface area contributed by atoms with Gasteiger partial charge in [-0.1, -0.05) is 18.2 Å². The van der Waals surface area contributed by atoms with Crippen molar-refractivity contribution in [1.29, 1.82) is 0 Å². The number of hydrogen-bond acceptors (Lipinski definition) is 1. The largest absolute Gasteiger partial charge is 0.309 e. The maximum absolute atomic E-state index is 13.7. The Bertz CT molecular complexity index is 537. The van der Waals surface area contributed by atoms with E-state index in [-0.39, 0.29) is 5.82 Å². The number of hydrogen-bond donors (Lipinski definition) is 1. The van der Waals surface area contributed by atoms with Gasteiger partial charge in [-0.25, -0.2) is 13.2 Å². The van der Waals surface area contributed by atoms with Gasteiger partial charge in [0.25, 0.3) is 0 Å². The molecule has 0 amide bonds. The number of rotatable bonds is 3. The van der Waals surface area contributed by atoms with Crippen LogP contribution >= 0.6 is 0 Å². The van der Waals surface area contributed by atoms with E-state index in [4.69, 9.17) is 0 Å². The molecule has 0 aliphatic heterocycles. The van der Waals surface area contributed by atoms with Crippen molar-refractivity contribution in [3.8, 4) is 0 Å². The minimum absolute atomic E-state index is 0.325. The zero-order valence-electron chi connectivity index (χ0n) is 9.75. The molecule has 2 aromatic carbocycles. The minimum Gasteiger partial charge on any atom is -0.309 e. The van der Waals surface area contributed by atoms with Crippen LogP contribution in [0.1, 0.15) is 17.2 Å². The summed E-state index contributed by atoms with van der Waals surface area (Å²) >= 11 is 0. The average molecular weight is 251 g/mol. The lowest BCUT2D eigenvalue weighted by molar-refractivity contribution is 0.551. The SMILES string of the molecule is CNC(c1ccc(F)cc1)c1ccc(F)cc1F. The summed E-state index contributed by atoms with van der Waals surface area (Å²) in [4.78, 5) is 0. The second-order valence-corrected chi connectivity index (χ2v) is 3.94. The van der Waals surface area contributed by atoms with Crippen molar-refractivity contribution < 1.29 is 13.2 Å². The Morgan fingerprint density at radius 1 is 0.889 bits per heavy atom. The molecule has 0 saturated heterocycles. The lowest BCUT2D eigenvalue weighted by atomic mass is 9.98. The van der Waals surface area contributed by atoms with Crippen molar-refractivity contribution >= 4 is 0 Å². The molecule has 1 unspecified atom stereocenters. The molecular formula is C14H12F3N. The second kappa shape index (κ2) is 5.23. The van der Waals surface area contributed by atoms with Crippen LogP contribution in [0.15, 0.2) is 42.5 Å². The molecule has 1 nitrogen and oxygen atoms in total. The van der Waals surface area contributed by atoms with Crippen molar-refractivity contribution in [3.63, 3.8) is 0 Å². The molecule has 1 atom stereocenters. The highest BCUT2D eigenvalue weighted by molar-refractivity contribution is 5.33. The minimum atomic E-state index is -0.626. The van der Waals surface area contributed by atoms with Gasteiger partial charge in [-0.3, -0.25) is 0 Å². The van der Waals surface area contributed by atoms with E-state index in [9.17, 15) is 13.2 Å². The Morgan fingerprint density at radius 2 is 1.50 bits per heavy atom.